The van der Waals surface area contributed by atoms with Crippen LogP contribution in [0.15, 0.2) is 45.7 Å². The van der Waals surface area contributed by atoms with Gasteiger partial charge in [0.15, 0.2) is 16.5 Å². The Morgan fingerprint density at radius 3 is 2.76 bits per heavy atom. The van der Waals surface area contributed by atoms with Gasteiger partial charge >= 0.3 is 0 Å². The van der Waals surface area contributed by atoms with E-state index in [1.807, 2.05) is 42.5 Å². The van der Waals surface area contributed by atoms with Gasteiger partial charge in [-0.2, -0.15) is 0 Å². The Balaban J connectivity index is 2.01. The predicted molar refractivity (Wildman–Crippen MR) is 103 cm³/mol. The second-order valence-electron chi connectivity index (χ2n) is 5.36. The number of imidazole rings is 1. The number of thiazole rings is 1. The first-order valence-electron chi connectivity index (χ1n) is 7.45. The lowest BCUT2D eigenvalue weighted by Crippen LogP contribution is -2.22. The van der Waals surface area contributed by atoms with Crippen LogP contribution in [0.5, 0.6) is 11.5 Å². The number of benzene rings is 2. The maximum Gasteiger partial charge on any atom is 0.274 e. The molecule has 0 saturated heterocycles. The van der Waals surface area contributed by atoms with Crippen LogP contribution in [0.4, 0.5) is 0 Å². The summed E-state index contributed by atoms with van der Waals surface area (Å²) in [6.07, 6.45) is 1.81. The first kappa shape index (κ1) is 16.1. The lowest BCUT2D eigenvalue weighted by atomic mass is 10.2. The van der Waals surface area contributed by atoms with Crippen LogP contribution in [0.1, 0.15) is 5.56 Å². The number of nitrogens with zero attached hydrogens (tertiary/aromatic N) is 2. The first-order chi connectivity index (χ1) is 12.1. The molecule has 5 nitrogen and oxygen atoms in total. The van der Waals surface area contributed by atoms with Crippen molar-refractivity contribution in [3.05, 3.63) is 61.3 Å². The summed E-state index contributed by atoms with van der Waals surface area (Å²) < 4.78 is 13.9. The molecule has 0 saturated carbocycles. The van der Waals surface area contributed by atoms with Gasteiger partial charge in [0.1, 0.15) is 0 Å². The van der Waals surface area contributed by atoms with Gasteiger partial charge in [-0.3, -0.25) is 4.79 Å². The van der Waals surface area contributed by atoms with E-state index in [2.05, 4.69) is 20.9 Å². The van der Waals surface area contributed by atoms with Gasteiger partial charge in [-0.05, 0) is 30.3 Å². The van der Waals surface area contributed by atoms with Crippen molar-refractivity contribution in [1.82, 2.24) is 9.38 Å². The van der Waals surface area contributed by atoms with Gasteiger partial charge < -0.3 is 9.47 Å². The normalized spacial score (nSPS) is 12.2. The van der Waals surface area contributed by atoms with Crippen LogP contribution >= 0.6 is 27.3 Å². The number of methoxy groups -OCH3 is 2. The lowest BCUT2D eigenvalue weighted by molar-refractivity contribution is 0.354. The monoisotopic (exact) mass is 416 g/mol. The van der Waals surface area contributed by atoms with Gasteiger partial charge in [0, 0.05) is 10.0 Å². The highest BCUT2D eigenvalue weighted by Crippen LogP contribution is 2.35. The molecule has 0 aliphatic carbocycles. The molecule has 0 aliphatic rings. The van der Waals surface area contributed by atoms with Crippen molar-refractivity contribution < 1.29 is 9.47 Å². The maximum absolute atomic E-state index is 12.9. The SMILES string of the molecule is COc1cc(Br)cc(C=c2sc3nc4ccccc4n3c2=O)c1OC. The minimum atomic E-state index is -0.0882. The van der Waals surface area contributed by atoms with E-state index in [0.717, 1.165) is 21.1 Å². The summed E-state index contributed by atoms with van der Waals surface area (Å²) in [5, 5.41) is 0. The highest BCUT2D eigenvalue weighted by Gasteiger charge is 2.13. The molecule has 0 fully saturated rings. The number of aromatic nitrogens is 2. The van der Waals surface area contributed by atoms with Gasteiger partial charge in [0.05, 0.1) is 29.8 Å². The molecule has 0 unspecified atom stereocenters. The van der Waals surface area contributed by atoms with Crippen LogP contribution < -0.4 is 19.6 Å². The van der Waals surface area contributed by atoms with E-state index < -0.39 is 0 Å². The fourth-order valence-corrected chi connectivity index (χ4v) is 4.25. The molecule has 7 heteroatoms. The summed E-state index contributed by atoms with van der Waals surface area (Å²) in [6.45, 7) is 0. The van der Waals surface area contributed by atoms with E-state index in [9.17, 15) is 4.79 Å². The molecule has 0 radical (unpaired) electrons. The highest BCUT2D eigenvalue weighted by atomic mass is 79.9. The second kappa shape index (κ2) is 6.16. The third kappa shape index (κ3) is 2.60. The van der Waals surface area contributed by atoms with Gasteiger partial charge in [0.25, 0.3) is 5.56 Å². The molecule has 0 N–H and O–H groups in total. The molecule has 0 aliphatic heterocycles. The molecular formula is C18H13BrN2O3S. The maximum atomic E-state index is 12.9. The standard InChI is InChI=1S/C18H13BrN2O3S/c1-23-14-9-11(19)7-10(16(14)24-2)8-15-17(22)21-13-6-4-3-5-12(13)20-18(21)25-15/h3-9H,1-2H3. The summed E-state index contributed by atoms with van der Waals surface area (Å²) in [6, 6.07) is 11.3. The quantitative estimate of drug-likeness (QED) is 0.514. The number of ether oxygens (including phenoxy) is 2. The van der Waals surface area contributed by atoms with E-state index in [-0.39, 0.29) is 5.56 Å². The average molecular weight is 417 g/mol. The molecule has 126 valence electrons. The Morgan fingerprint density at radius 1 is 1.20 bits per heavy atom. The second-order valence-corrected chi connectivity index (χ2v) is 7.29. The molecule has 0 amide bonds. The van der Waals surface area contributed by atoms with Crippen molar-refractivity contribution in [2.75, 3.05) is 14.2 Å². The lowest BCUT2D eigenvalue weighted by Gasteiger charge is -2.10. The van der Waals surface area contributed by atoms with Crippen LogP contribution in [0.3, 0.4) is 0 Å². The number of rotatable bonds is 3. The molecular weight excluding hydrogens is 404 g/mol. The molecule has 2 aromatic carbocycles. The van der Waals surface area contributed by atoms with Crippen molar-refractivity contribution in [3.8, 4) is 11.5 Å². The summed E-state index contributed by atoms with van der Waals surface area (Å²) in [7, 11) is 3.16. The zero-order valence-corrected chi connectivity index (χ0v) is 15.8. The number of fused-ring (bicyclic) bond motifs is 3. The Hall–Kier alpha value is -2.38. The van der Waals surface area contributed by atoms with Crippen LogP contribution in [0.2, 0.25) is 0 Å². The van der Waals surface area contributed by atoms with E-state index in [0.29, 0.717) is 21.0 Å². The number of halogens is 1. The van der Waals surface area contributed by atoms with Crippen molar-refractivity contribution in [2.45, 2.75) is 0 Å². The van der Waals surface area contributed by atoms with Gasteiger partial charge in [-0.15, -0.1) is 0 Å². The predicted octanol–water partition coefficient (Wildman–Crippen LogP) is 3.24. The highest BCUT2D eigenvalue weighted by molar-refractivity contribution is 9.10. The van der Waals surface area contributed by atoms with Crippen molar-refractivity contribution >= 4 is 49.3 Å². The van der Waals surface area contributed by atoms with Gasteiger partial charge in [-0.1, -0.05) is 39.4 Å². The molecule has 0 spiro atoms. The van der Waals surface area contributed by atoms with Crippen molar-refractivity contribution in [3.63, 3.8) is 0 Å². The Kier molecular flexibility index (Phi) is 3.97. The fraction of sp³-hybridized carbons (Fsp3) is 0.111. The zero-order chi connectivity index (χ0) is 17.6. The summed E-state index contributed by atoms with van der Waals surface area (Å²) in [5.74, 6) is 1.18. The zero-order valence-electron chi connectivity index (χ0n) is 13.4. The summed E-state index contributed by atoms with van der Waals surface area (Å²) in [5.41, 5.74) is 2.31. The molecule has 4 rings (SSSR count). The molecule has 0 atom stereocenters. The van der Waals surface area contributed by atoms with Gasteiger partial charge in [-0.25, -0.2) is 9.38 Å². The molecule has 4 aromatic rings. The molecule has 0 bridgehead atoms. The number of hydrogen-bond donors (Lipinski definition) is 0. The smallest absolute Gasteiger partial charge is 0.274 e. The minimum Gasteiger partial charge on any atom is -0.493 e. The van der Waals surface area contributed by atoms with Crippen LogP contribution in [0, 0.1) is 0 Å². The first-order valence-corrected chi connectivity index (χ1v) is 9.06. The topological polar surface area (TPSA) is 52.8 Å². The third-order valence-corrected chi connectivity index (χ3v) is 5.33. The Morgan fingerprint density at radius 2 is 2.00 bits per heavy atom. The van der Waals surface area contributed by atoms with E-state index in [1.165, 1.54) is 11.3 Å². The number of para-hydroxylation sites is 2. The van der Waals surface area contributed by atoms with Crippen LogP contribution in [0.25, 0.3) is 22.1 Å². The van der Waals surface area contributed by atoms with Crippen LogP contribution in [-0.2, 0) is 0 Å². The third-order valence-electron chi connectivity index (χ3n) is 3.90. The van der Waals surface area contributed by atoms with Crippen molar-refractivity contribution in [2.24, 2.45) is 0 Å². The van der Waals surface area contributed by atoms with Gasteiger partial charge in [0.2, 0.25) is 0 Å². The summed E-state index contributed by atoms with van der Waals surface area (Å²) in [4.78, 5) is 18.1. The fourth-order valence-electron chi connectivity index (χ4n) is 2.82. The van der Waals surface area contributed by atoms with Crippen LogP contribution in [-0.4, -0.2) is 23.6 Å². The van der Waals surface area contributed by atoms with E-state index >= 15 is 0 Å². The van der Waals surface area contributed by atoms with Crippen molar-refractivity contribution in [1.29, 1.82) is 0 Å². The molecule has 2 aromatic heterocycles. The Bertz CT molecular complexity index is 1210. The molecule has 25 heavy (non-hydrogen) atoms. The Labute approximate surface area is 155 Å². The average Bonchev–Trinajstić information content (AvgIpc) is 3.11. The molecule has 2 heterocycles. The summed E-state index contributed by atoms with van der Waals surface area (Å²) >= 11 is 4.82. The minimum absolute atomic E-state index is 0.0882. The van der Waals surface area contributed by atoms with E-state index in [1.54, 1.807) is 18.6 Å². The van der Waals surface area contributed by atoms with E-state index in [4.69, 9.17) is 9.47 Å². The largest absolute Gasteiger partial charge is 0.493 e. The number of hydrogen-bond acceptors (Lipinski definition) is 5.